The summed E-state index contributed by atoms with van der Waals surface area (Å²) in [6.45, 7) is 10.8. The predicted molar refractivity (Wildman–Crippen MR) is 103 cm³/mol. The molecule has 0 aromatic carbocycles. The summed E-state index contributed by atoms with van der Waals surface area (Å²) in [7, 11) is 0. The first-order valence-corrected chi connectivity index (χ1v) is 10.2. The summed E-state index contributed by atoms with van der Waals surface area (Å²) in [4.78, 5) is 4.56. The fraction of sp³-hybridized carbons (Fsp3) is 0.773. The van der Waals surface area contributed by atoms with E-state index >= 15 is 4.39 Å². The minimum atomic E-state index is -0.00351. The smallest absolute Gasteiger partial charge is 0.148 e. The molecule has 0 amide bonds. The van der Waals surface area contributed by atoms with E-state index in [-0.39, 0.29) is 17.7 Å². The van der Waals surface area contributed by atoms with Crippen molar-refractivity contribution < 1.29 is 4.39 Å². The summed E-state index contributed by atoms with van der Waals surface area (Å²) >= 11 is 0. The average molecular weight is 336 g/mol. The highest BCUT2D eigenvalue weighted by Crippen LogP contribution is 2.34. The maximum absolute atomic E-state index is 15.3. The second kappa shape index (κ2) is 11.6. The molecule has 1 rings (SSSR count). The molecule has 1 nitrogen and oxygen atoms in total. The molecule has 138 valence electrons. The number of aromatic nitrogens is 1. The Morgan fingerprint density at radius 3 is 2.12 bits per heavy atom. The van der Waals surface area contributed by atoms with Gasteiger partial charge in [-0.05, 0) is 43.2 Å². The van der Waals surface area contributed by atoms with Crippen molar-refractivity contribution in [3.05, 3.63) is 28.8 Å². The van der Waals surface area contributed by atoms with Crippen LogP contribution in [0, 0.1) is 12.7 Å². The van der Waals surface area contributed by atoms with E-state index in [9.17, 15) is 0 Å². The van der Waals surface area contributed by atoms with E-state index in [0.29, 0.717) is 0 Å². The Balaban J connectivity index is 3.04. The molecule has 0 N–H and O–H groups in total. The van der Waals surface area contributed by atoms with Crippen LogP contribution in [0.2, 0.25) is 0 Å². The largest absolute Gasteiger partial charge is 0.258 e. The van der Waals surface area contributed by atoms with Crippen molar-refractivity contribution in [1.82, 2.24) is 4.98 Å². The van der Waals surface area contributed by atoms with Crippen molar-refractivity contribution in [2.75, 3.05) is 0 Å². The molecule has 2 unspecified atom stereocenters. The van der Waals surface area contributed by atoms with Crippen molar-refractivity contribution in [2.45, 2.75) is 111 Å². The molecular weight excluding hydrogens is 297 g/mol. The van der Waals surface area contributed by atoms with Gasteiger partial charge in [-0.25, -0.2) is 4.39 Å². The zero-order valence-corrected chi connectivity index (χ0v) is 16.6. The van der Waals surface area contributed by atoms with Crippen LogP contribution in [0.4, 0.5) is 4.39 Å². The van der Waals surface area contributed by atoms with Gasteiger partial charge in [-0.3, -0.25) is 4.98 Å². The van der Waals surface area contributed by atoms with Gasteiger partial charge in [0.1, 0.15) is 5.82 Å². The lowest BCUT2D eigenvalue weighted by molar-refractivity contribution is 0.466. The molecule has 0 radical (unpaired) electrons. The first-order chi connectivity index (χ1) is 11.6. The van der Waals surface area contributed by atoms with Crippen LogP contribution < -0.4 is 0 Å². The lowest BCUT2D eigenvalue weighted by atomic mass is 9.87. The lowest BCUT2D eigenvalue weighted by Gasteiger charge is -2.22. The van der Waals surface area contributed by atoms with Crippen LogP contribution in [0.15, 0.2) is 6.20 Å². The monoisotopic (exact) mass is 335 g/mol. The van der Waals surface area contributed by atoms with Gasteiger partial charge >= 0.3 is 0 Å². The third-order valence-corrected chi connectivity index (χ3v) is 5.22. The van der Waals surface area contributed by atoms with E-state index in [0.717, 1.165) is 55.3 Å². The molecule has 24 heavy (non-hydrogen) atoms. The number of hydrogen-bond donors (Lipinski definition) is 0. The van der Waals surface area contributed by atoms with E-state index in [2.05, 4.69) is 32.7 Å². The average Bonchev–Trinajstić information content (AvgIpc) is 2.57. The van der Waals surface area contributed by atoms with Gasteiger partial charge in [0.25, 0.3) is 0 Å². The first kappa shape index (κ1) is 21.1. The van der Waals surface area contributed by atoms with Crippen LogP contribution in [-0.4, -0.2) is 4.98 Å². The summed E-state index contributed by atoms with van der Waals surface area (Å²) in [6, 6.07) is 0. The van der Waals surface area contributed by atoms with Crippen molar-refractivity contribution in [1.29, 1.82) is 0 Å². The molecule has 2 atom stereocenters. The Morgan fingerprint density at radius 2 is 1.50 bits per heavy atom. The fourth-order valence-corrected chi connectivity index (χ4v) is 3.66. The maximum atomic E-state index is 15.3. The van der Waals surface area contributed by atoms with Crippen LogP contribution in [0.25, 0.3) is 0 Å². The highest BCUT2D eigenvalue weighted by atomic mass is 19.1. The molecule has 2 heteroatoms. The highest BCUT2D eigenvalue weighted by molar-refractivity contribution is 5.32. The number of unbranched alkanes of at least 4 members (excludes halogenated alkanes) is 4. The van der Waals surface area contributed by atoms with E-state index in [1.165, 1.54) is 25.7 Å². The van der Waals surface area contributed by atoms with Gasteiger partial charge in [-0.15, -0.1) is 0 Å². The number of nitrogens with zero attached hydrogens (tertiary/aromatic N) is 1. The Kier molecular flexibility index (Phi) is 10.2. The fourth-order valence-electron chi connectivity index (χ4n) is 3.66. The highest BCUT2D eigenvalue weighted by Gasteiger charge is 2.23. The van der Waals surface area contributed by atoms with Gasteiger partial charge in [0.15, 0.2) is 0 Å². The summed E-state index contributed by atoms with van der Waals surface area (Å²) in [5.41, 5.74) is 2.68. The topological polar surface area (TPSA) is 12.9 Å². The molecule has 1 heterocycles. The number of halogens is 1. The lowest BCUT2D eigenvalue weighted by Crippen LogP contribution is -2.11. The first-order valence-electron chi connectivity index (χ1n) is 10.2. The molecule has 0 aliphatic carbocycles. The van der Waals surface area contributed by atoms with Gasteiger partial charge in [-0.1, -0.05) is 72.6 Å². The van der Waals surface area contributed by atoms with Crippen LogP contribution in [0.5, 0.6) is 0 Å². The quantitative estimate of drug-likeness (QED) is 0.357. The van der Waals surface area contributed by atoms with Gasteiger partial charge in [0.2, 0.25) is 0 Å². The molecule has 1 aromatic heterocycles. The normalized spacial score (nSPS) is 13.9. The summed E-state index contributed by atoms with van der Waals surface area (Å²) < 4.78 is 15.3. The third kappa shape index (κ3) is 6.18. The molecule has 0 bridgehead atoms. The molecule has 1 aromatic rings. The van der Waals surface area contributed by atoms with Crippen molar-refractivity contribution in [3.8, 4) is 0 Å². The van der Waals surface area contributed by atoms with Gasteiger partial charge < -0.3 is 0 Å². The van der Waals surface area contributed by atoms with E-state index in [4.69, 9.17) is 0 Å². The minimum absolute atomic E-state index is 0.00351. The summed E-state index contributed by atoms with van der Waals surface area (Å²) in [5, 5.41) is 0. The Morgan fingerprint density at radius 1 is 0.917 bits per heavy atom. The molecule has 0 aliphatic rings. The van der Waals surface area contributed by atoms with Crippen LogP contribution >= 0.6 is 0 Å². The zero-order chi connectivity index (χ0) is 17.9. The Hall–Kier alpha value is -0.920. The Labute approximate surface area is 149 Å². The van der Waals surface area contributed by atoms with Crippen molar-refractivity contribution >= 4 is 0 Å². The molecule has 0 saturated carbocycles. The summed E-state index contributed by atoms with van der Waals surface area (Å²) in [6.07, 6.45) is 13.4. The van der Waals surface area contributed by atoms with Gasteiger partial charge in [0.05, 0.1) is 5.69 Å². The second-order valence-electron chi connectivity index (χ2n) is 7.43. The van der Waals surface area contributed by atoms with Gasteiger partial charge in [0, 0.05) is 12.1 Å². The third-order valence-electron chi connectivity index (χ3n) is 5.22. The molecule has 0 fully saturated rings. The van der Waals surface area contributed by atoms with Crippen molar-refractivity contribution in [2.24, 2.45) is 0 Å². The predicted octanol–water partition coefficient (Wildman–Crippen LogP) is 7.68. The van der Waals surface area contributed by atoms with Crippen LogP contribution in [-0.2, 0) is 0 Å². The number of aryl methyl sites for hydroxylation is 1. The van der Waals surface area contributed by atoms with E-state index in [1.807, 2.05) is 13.1 Å². The SMILES string of the molecule is CCCCCC(CCCC)c1ncc(C)c(C(C)CCCC)c1F. The van der Waals surface area contributed by atoms with Crippen LogP contribution in [0.3, 0.4) is 0 Å². The molecule has 0 saturated heterocycles. The number of hydrogen-bond acceptors (Lipinski definition) is 1. The molecule has 0 aliphatic heterocycles. The minimum Gasteiger partial charge on any atom is -0.258 e. The van der Waals surface area contributed by atoms with Gasteiger partial charge in [-0.2, -0.15) is 0 Å². The van der Waals surface area contributed by atoms with E-state index < -0.39 is 0 Å². The standard InChI is InChI=1S/C22H38FN/c1-6-9-12-15-19(14-11-8-3)22-21(23)20(18(5)16-24-22)17(4)13-10-7-2/h16-17,19H,6-15H2,1-5H3. The number of pyridine rings is 1. The zero-order valence-electron chi connectivity index (χ0n) is 16.6. The summed E-state index contributed by atoms with van der Waals surface area (Å²) in [5.74, 6) is 0.569. The van der Waals surface area contributed by atoms with E-state index in [1.54, 1.807) is 0 Å². The Bertz CT molecular complexity index is 469. The second-order valence-corrected chi connectivity index (χ2v) is 7.43. The van der Waals surface area contributed by atoms with Crippen LogP contribution in [0.1, 0.15) is 121 Å². The maximum Gasteiger partial charge on any atom is 0.148 e. The number of rotatable bonds is 12. The molecular formula is C22H38FN. The molecule has 0 spiro atoms. The van der Waals surface area contributed by atoms with Crippen molar-refractivity contribution in [3.63, 3.8) is 0 Å².